The summed E-state index contributed by atoms with van der Waals surface area (Å²) in [7, 11) is 0. The standard InChI is InChI=1S/C16H29N3O2/c1-3-20-15(13-7-5-4-6-8-13)16-18-14(21-19-16)10-9-12(2)11-17/h12-13,15H,3-11,17H2,1-2H3. The molecule has 1 fully saturated rings. The Labute approximate surface area is 127 Å². The van der Waals surface area contributed by atoms with Gasteiger partial charge in [0.2, 0.25) is 11.7 Å². The van der Waals surface area contributed by atoms with Crippen LogP contribution in [0.5, 0.6) is 0 Å². The molecule has 2 rings (SSSR count). The normalized spacial score (nSPS) is 19.6. The van der Waals surface area contributed by atoms with Gasteiger partial charge in [-0.2, -0.15) is 4.98 Å². The van der Waals surface area contributed by atoms with Gasteiger partial charge in [-0.05, 0) is 44.6 Å². The van der Waals surface area contributed by atoms with Gasteiger partial charge in [-0.3, -0.25) is 0 Å². The first kappa shape index (κ1) is 16.4. The molecule has 5 nitrogen and oxygen atoms in total. The van der Waals surface area contributed by atoms with Gasteiger partial charge in [0.1, 0.15) is 6.10 Å². The van der Waals surface area contributed by atoms with Crippen LogP contribution in [0.25, 0.3) is 0 Å². The van der Waals surface area contributed by atoms with Gasteiger partial charge in [0.05, 0.1) is 0 Å². The summed E-state index contributed by atoms with van der Waals surface area (Å²) in [5, 5.41) is 4.17. The van der Waals surface area contributed by atoms with Gasteiger partial charge < -0.3 is 15.0 Å². The van der Waals surface area contributed by atoms with Crippen LogP contribution in [0.1, 0.15) is 70.2 Å². The molecule has 5 heteroatoms. The lowest BCUT2D eigenvalue weighted by molar-refractivity contribution is -0.00145. The third kappa shape index (κ3) is 4.78. The topological polar surface area (TPSA) is 74.2 Å². The molecule has 120 valence electrons. The fourth-order valence-corrected chi connectivity index (χ4v) is 3.01. The minimum Gasteiger partial charge on any atom is -0.370 e. The molecule has 1 aliphatic carbocycles. The largest absolute Gasteiger partial charge is 0.370 e. The Hall–Kier alpha value is -0.940. The molecule has 0 aromatic carbocycles. The lowest BCUT2D eigenvalue weighted by Gasteiger charge is -2.27. The van der Waals surface area contributed by atoms with E-state index in [4.69, 9.17) is 15.0 Å². The van der Waals surface area contributed by atoms with Crippen molar-refractivity contribution in [2.75, 3.05) is 13.2 Å². The summed E-state index contributed by atoms with van der Waals surface area (Å²) in [5.74, 6) is 2.47. The fraction of sp³-hybridized carbons (Fsp3) is 0.875. The Morgan fingerprint density at radius 3 is 2.76 bits per heavy atom. The monoisotopic (exact) mass is 295 g/mol. The second kappa shape index (κ2) is 8.49. The minimum absolute atomic E-state index is 0.000248. The lowest BCUT2D eigenvalue weighted by atomic mass is 9.85. The molecule has 21 heavy (non-hydrogen) atoms. The van der Waals surface area contributed by atoms with E-state index in [1.165, 1.54) is 32.1 Å². The van der Waals surface area contributed by atoms with E-state index >= 15 is 0 Å². The number of nitrogens with two attached hydrogens (primary N) is 1. The van der Waals surface area contributed by atoms with E-state index in [-0.39, 0.29) is 6.10 Å². The van der Waals surface area contributed by atoms with Gasteiger partial charge in [-0.15, -0.1) is 0 Å². The van der Waals surface area contributed by atoms with Crippen molar-refractivity contribution < 1.29 is 9.26 Å². The van der Waals surface area contributed by atoms with Crippen LogP contribution < -0.4 is 5.73 Å². The Morgan fingerprint density at radius 2 is 2.10 bits per heavy atom. The fourth-order valence-electron chi connectivity index (χ4n) is 3.01. The lowest BCUT2D eigenvalue weighted by Crippen LogP contribution is -2.20. The van der Waals surface area contributed by atoms with Crippen molar-refractivity contribution in [2.45, 2.75) is 64.9 Å². The van der Waals surface area contributed by atoms with Gasteiger partial charge in [-0.25, -0.2) is 0 Å². The Bertz CT molecular complexity index is 402. The van der Waals surface area contributed by atoms with E-state index in [1.807, 2.05) is 6.92 Å². The van der Waals surface area contributed by atoms with E-state index in [1.54, 1.807) is 0 Å². The molecule has 0 amide bonds. The molecule has 1 heterocycles. The minimum atomic E-state index is -0.000248. The van der Waals surface area contributed by atoms with Crippen molar-refractivity contribution in [1.29, 1.82) is 0 Å². The highest BCUT2D eigenvalue weighted by Crippen LogP contribution is 2.35. The maximum atomic E-state index is 5.92. The van der Waals surface area contributed by atoms with Gasteiger partial charge in [-0.1, -0.05) is 31.3 Å². The van der Waals surface area contributed by atoms with E-state index < -0.39 is 0 Å². The quantitative estimate of drug-likeness (QED) is 0.796. The van der Waals surface area contributed by atoms with Crippen molar-refractivity contribution in [2.24, 2.45) is 17.6 Å². The van der Waals surface area contributed by atoms with Crippen LogP contribution in [0.15, 0.2) is 4.52 Å². The van der Waals surface area contributed by atoms with Crippen LogP contribution in [-0.2, 0) is 11.2 Å². The van der Waals surface area contributed by atoms with Crippen LogP contribution in [0, 0.1) is 11.8 Å². The molecule has 0 spiro atoms. The molecular weight excluding hydrogens is 266 g/mol. The number of aryl methyl sites for hydroxylation is 1. The van der Waals surface area contributed by atoms with Crippen LogP contribution in [-0.4, -0.2) is 23.3 Å². The summed E-state index contributed by atoms with van der Waals surface area (Å²) in [6.07, 6.45) is 8.11. The molecule has 2 unspecified atom stereocenters. The summed E-state index contributed by atoms with van der Waals surface area (Å²) in [6, 6.07) is 0. The number of hydrogen-bond acceptors (Lipinski definition) is 5. The highest BCUT2D eigenvalue weighted by molar-refractivity contribution is 4.95. The SMILES string of the molecule is CCOC(c1noc(CCC(C)CN)n1)C1CCCCC1. The van der Waals surface area contributed by atoms with E-state index in [9.17, 15) is 0 Å². The molecule has 0 bridgehead atoms. The summed E-state index contributed by atoms with van der Waals surface area (Å²) >= 11 is 0. The summed E-state index contributed by atoms with van der Waals surface area (Å²) in [6.45, 7) is 5.56. The summed E-state index contributed by atoms with van der Waals surface area (Å²) < 4.78 is 11.3. The predicted octanol–water partition coefficient (Wildman–Crippen LogP) is 3.25. The third-order valence-electron chi connectivity index (χ3n) is 4.42. The zero-order valence-electron chi connectivity index (χ0n) is 13.4. The molecule has 2 atom stereocenters. The predicted molar refractivity (Wildman–Crippen MR) is 81.8 cm³/mol. The van der Waals surface area contributed by atoms with Gasteiger partial charge in [0.25, 0.3) is 0 Å². The average Bonchev–Trinajstić information content (AvgIpc) is 2.99. The zero-order valence-corrected chi connectivity index (χ0v) is 13.4. The Balaban J connectivity index is 1.97. The Kier molecular flexibility index (Phi) is 6.64. The number of ether oxygens (including phenoxy) is 1. The van der Waals surface area contributed by atoms with Crippen molar-refractivity contribution in [3.63, 3.8) is 0 Å². The third-order valence-corrected chi connectivity index (χ3v) is 4.42. The van der Waals surface area contributed by atoms with E-state index in [2.05, 4.69) is 17.1 Å². The molecule has 0 saturated heterocycles. The van der Waals surface area contributed by atoms with Gasteiger partial charge in [0, 0.05) is 13.0 Å². The van der Waals surface area contributed by atoms with Crippen molar-refractivity contribution in [3.05, 3.63) is 11.7 Å². The molecule has 0 aliphatic heterocycles. The molecule has 1 saturated carbocycles. The van der Waals surface area contributed by atoms with E-state index in [0.717, 1.165) is 18.7 Å². The van der Waals surface area contributed by atoms with Crippen LogP contribution in [0.4, 0.5) is 0 Å². The number of aromatic nitrogens is 2. The molecule has 1 aliphatic rings. The maximum Gasteiger partial charge on any atom is 0.226 e. The highest BCUT2D eigenvalue weighted by Gasteiger charge is 2.29. The van der Waals surface area contributed by atoms with Crippen LogP contribution >= 0.6 is 0 Å². The second-order valence-corrected chi connectivity index (χ2v) is 6.20. The first-order valence-electron chi connectivity index (χ1n) is 8.38. The van der Waals surface area contributed by atoms with Gasteiger partial charge in [0.15, 0.2) is 0 Å². The summed E-state index contributed by atoms with van der Waals surface area (Å²) in [4.78, 5) is 4.57. The molecular formula is C16H29N3O2. The first-order valence-corrected chi connectivity index (χ1v) is 8.38. The number of hydrogen-bond donors (Lipinski definition) is 1. The summed E-state index contributed by atoms with van der Waals surface area (Å²) in [5.41, 5.74) is 5.64. The molecule has 1 aromatic rings. The molecule has 0 radical (unpaired) electrons. The average molecular weight is 295 g/mol. The second-order valence-electron chi connectivity index (χ2n) is 6.20. The van der Waals surface area contributed by atoms with E-state index in [0.29, 0.717) is 30.9 Å². The van der Waals surface area contributed by atoms with Crippen LogP contribution in [0.3, 0.4) is 0 Å². The van der Waals surface area contributed by atoms with Gasteiger partial charge >= 0.3 is 0 Å². The first-order chi connectivity index (χ1) is 10.2. The number of nitrogens with zero attached hydrogens (tertiary/aromatic N) is 2. The molecule has 1 aromatic heterocycles. The van der Waals surface area contributed by atoms with Crippen molar-refractivity contribution in [1.82, 2.24) is 10.1 Å². The maximum absolute atomic E-state index is 5.92. The number of rotatable bonds is 8. The van der Waals surface area contributed by atoms with Crippen LogP contribution in [0.2, 0.25) is 0 Å². The Morgan fingerprint density at radius 1 is 1.33 bits per heavy atom. The zero-order chi connectivity index (χ0) is 15.1. The highest BCUT2D eigenvalue weighted by atomic mass is 16.5. The van der Waals surface area contributed by atoms with Crippen molar-refractivity contribution >= 4 is 0 Å². The smallest absolute Gasteiger partial charge is 0.226 e. The van der Waals surface area contributed by atoms with Crippen molar-refractivity contribution in [3.8, 4) is 0 Å². The molecule has 2 N–H and O–H groups in total.